The first-order valence-electron chi connectivity index (χ1n) is 8.92. The first-order chi connectivity index (χ1) is 12.2. The third-order valence-electron chi connectivity index (χ3n) is 2.92. The Labute approximate surface area is 180 Å². The standard InChI is InChI=1S/C17H35N5O4.HI/c1-7-25-12-8-9-18-15(21-13-14(23)22(5)6)19-10-11-20-16(24)26-17(2,3)4;/h7-13H2,1-6H3,(H,20,24)(H2,18,19,21);1H. The fraction of sp³-hybridized carbons (Fsp3) is 0.824. The van der Waals surface area contributed by atoms with Crippen molar-refractivity contribution in [2.45, 2.75) is 39.7 Å². The SMILES string of the molecule is CCOCCCNC(=NCC(=O)N(C)C)NCCNC(=O)OC(C)(C)C.I. The Bertz CT molecular complexity index is 453. The summed E-state index contributed by atoms with van der Waals surface area (Å²) in [6, 6.07) is 0. The number of halogens is 1. The van der Waals surface area contributed by atoms with E-state index in [1.54, 1.807) is 14.1 Å². The highest BCUT2D eigenvalue weighted by molar-refractivity contribution is 14.0. The molecule has 0 fully saturated rings. The zero-order valence-electron chi connectivity index (χ0n) is 17.4. The molecule has 3 N–H and O–H groups in total. The van der Waals surface area contributed by atoms with Crippen molar-refractivity contribution in [3.63, 3.8) is 0 Å². The lowest BCUT2D eigenvalue weighted by atomic mass is 10.2. The maximum atomic E-state index is 11.7. The summed E-state index contributed by atoms with van der Waals surface area (Å²) < 4.78 is 10.5. The molecule has 0 aromatic carbocycles. The van der Waals surface area contributed by atoms with Crippen molar-refractivity contribution >= 4 is 41.9 Å². The summed E-state index contributed by atoms with van der Waals surface area (Å²) in [5.41, 5.74) is -0.529. The number of likely N-dealkylation sites (N-methyl/N-ethyl adjacent to an activating group) is 1. The number of hydrogen-bond donors (Lipinski definition) is 3. The number of amides is 2. The highest BCUT2D eigenvalue weighted by Gasteiger charge is 2.15. The molecule has 0 bridgehead atoms. The van der Waals surface area contributed by atoms with Crippen LogP contribution in [0.5, 0.6) is 0 Å². The second-order valence-electron chi connectivity index (χ2n) is 6.79. The maximum absolute atomic E-state index is 11.7. The molecule has 0 aliphatic heterocycles. The predicted octanol–water partition coefficient (Wildman–Crippen LogP) is 1.18. The number of carbonyl (C=O) groups excluding carboxylic acids is 2. The minimum Gasteiger partial charge on any atom is -0.444 e. The van der Waals surface area contributed by atoms with Crippen molar-refractivity contribution < 1.29 is 19.1 Å². The maximum Gasteiger partial charge on any atom is 0.407 e. The zero-order chi connectivity index (χ0) is 20.0. The van der Waals surface area contributed by atoms with Crippen LogP contribution in [0.25, 0.3) is 0 Å². The van der Waals surface area contributed by atoms with Crippen LogP contribution in [0.3, 0.4) is 0 Å². The monoisotopic (exact) mass is 501 g/mol. The van der Waals surface area contributed by atoms with Crippen LogP contribution in [0.2, 0.25) is 0 Å². The van der Waals surface area contributed by atoms with Crippen molar-refractivity contribution in [3.05, 3.63) is 0 Å². The molecule has 2 amide bonds. The summed E-state index contributed by atoms with van der Waals surface area (Å²) in [7, 11) is 3.37. The lowest BCUT2D eigenvalue weighted by Gasteiger charge is -2.20. The molecule has 0 heterocycles. The van der Waals surface area contributed by atoms with Crippen LogP contribution in [0.1, 0.15) is 34.1 Å². The average Bonchev–Trinajstić information content (AvgIpc) is 2.53. The van der Waals surface area contributed by atoms with Crippen LogP contribution in [0.15, 0.2) is 4.99 Å². The predicted molar refractivity (Wildman–Crippen MR) is 118 cm³/mol. The van der Waals surface area contributed by atoms with Gasteiger partial charge in [0.15, 0.2) is 5.96 Å². The third kappa shape index (κ3) is 17.9. The summed E-state index contributed by atoms with van der Waals surface area (Å²) in [6.45, 7) is 10.3. The quantitative estimate of drug-likeness (QED) is 0.180. The number of hydrogen-bond acceptors (Lipinski definition) is 5. The minimum atomic E-state index is -0.529. The van der Waals surface area contributed by atoms with E-state index >= 15 is 0 Å². The van der Waals surface area contributed by atoms with Crippen molar-refractivity contribution in [2.24, 2.45) is 4.99 Å². The number of carbonyl (C=O) groups is 2. The molecule has 0 aromatic heterocycles. The fourth-order valence-corrected chi connectivity index (χ4v) is 1.65. The van der Waals surface area contributed by atoms with Crippen LogP contribution in [-0.2, 0) is 14.3 Å². The van der Waals surface area contributed by atoms with Crippen molar-refractivity contribution in [1.29, 1.82) is 0 Å². The van der Waals surface area contributed by atoms with Gasteiger partial charge in [-0.05, 0) is 34.1 Å². The van der Waals surface area contributed by atoms with Gasteiger partial charge in [0.2, 0.25) is 5.91 Å². The number of nitrogens with zero attached hydrogens (tertiary/aromatic N) is 2. The number of rotatable bonds is 10. The largest absolute Gasteiger partial charge is 0.444 e. The average molecular weight is 501 g/mol. The minimum absolute atomic E-state index is 0. The molecule has 0 rings (SSSR count). The summed E-state index contributed by atoms with van der Waals surface area (Å²) in [4.78, 5) is 29.0. The lowest BCUT2D eigenvalue weighted by Crippen LogP contribution is -2.43. The van der Waals surface area contributed by atoms with E-state index in [4.69, 9.17) is 9.47 Å². The molecule has 0 atom stereocenters. The van der Waals surface area contributed by atoms with E-state index in [1.165, 1.54) is 4.90 Å². The van der Waals surface area contributed by atoms with Crippen molar-refractivity contribution in [1.82, 2.24) is 20.9 Å². The first kappa shape index (κ1) is 27.9. The smallest absolute Gasteiger partial charge is 0.407 e. The van der Waals surface area contributed by atoms with E-state index in [0.29, 0.717) is 38.8 Å². The third-order valence-corrected chi connectivity index (χ3v) is 2.92. The fourth-order valence-electron chi connectivity index (χ4n) is 1.65. The van der Waals surface area contributed by atoms with Crippen LogP contribution in [-0.4, -0.2) is 81.9 Å². The molecular formula is C17H36IN5O4. The number of ether oxygens (including phenoxy) is 2. The zero-order valence-corrected chi connectivity index (χ0v) is 19.7. The van der Waals surface area contributed by atoms with Crippen LogP contribution < -0.4 is 16.0 Å². The van der Waals surface area contributed by atoms with Gasteiger partial charge in [-0.15, -0.1) is 24.0 Å². The molecule has 0 radical (unpaired) electrons. The number of alkyl carbamates (subject to hydrolysis) is 1. The van der Waals surface area contributed by atoms with Crippen LogP contribution in [0, 0.1) is 0 Å². The van der Waals surface area contributed by atoms with E-state index in [2.05, 4.69) is 20.9 Å². The van der Waals surface area contributed by atoms with Gasteiger partial charge in [-0.25, -0.2) is 9.79 Å². The second-order valence-corrected chi connectivity index (χ2v) is 6.79. The van der Waals surface area contributed by atoms with Gasteiger partial charge in [-0.2, -0.15) is 0 Å². The molecule has 160 valence electrons. The second kappa shape index (κ2) is 15.7. The summed E-state index contributed by atoms with van der Waals surface area (Å²) in [5, 5.41) is 8.88. The van der Waals surface area contributed by atoms with E-state index < -0.39 is 11.7 Å². The number of guanidine groups is 1. The lowest BCUT2D eigenvalue weighted by molar-refractivity contribution is -0.127. The molecule has 0 aliphatic rings. The number of nitrogens with one attached hydrogen (secondary N) is 3. The first-order valence-corrected chi connectivity index (χ1v) is 8.92. The van der Waals surface area contributed by atoms with Crippen LogP contribution in [0.4, 0.5) is 4.79 Å². The van der Waals surface area contributed by atoms with E-state index in [-0.39, 0.29) is 36.4 Å². The van der Waals surface area contributed by atoms with Crippen LogP contribution >= 0.6 is 24.0 Å². The highest BCUT2D eigenvalue weighted by atomic mass is 127. The molecule has 0 saturated heterocycles. The van der Waals surface area contributed by atoms with Gasteiger partial charge in [0.1, 0.15) is 12.1 Å². The summed E-state index contributed by atoms with van der Waals surface area (Å²) >= 11 is 0. The Balaban J connectivity index is 0. The van der Waals surface area contributed by atoms with E-state index in [1.807, 2.05) is 27.7 Å². The Kier molecular flexibility index (Phi) is 16.3. The molecule has 9 nitrogen and oxygen atoms in total. The Morgan fingerprint density at radius 2 is 1.63 bits per heavy atom. The molecule has 0 spiro atoms. The Morgan fingerprint density at radius 1 is 1.04 bits per heavy atom. The van der Waals surface area contributed by atoms with Gasteiger partial charge in [0.25, 0.3) is 0 Å². The molecule has 10 heteroatoms. The Morgan fingerprint density at radius 3 is 2.19 bits per heavy atom. The van der Waals surface area contributed by atoms with E-state index in [0.717, 1.165) is 6.42 Å². The van der Waals surface area contributed by atoms with Gasteiger partial charge < -0.3 is 30.3 Å². The van der Waals surface area contributed by atoms with Gasteiger partial charge in [-0.1, -0.05) is 0 Å². The molecule has 0 saturated carbocycles. The van der Waals surface area contributed by atoms with Gasteiger partial charge in [-0.3, -0.25) is 4.79 Å². The molecule has 27 heavy (non-hydrogen) atoms. The van der Waals surface area contributed by atoms with Gasteiger partial charge in [0, 0.05) is 46.9 Å². The van der Waals surface area contributed by atoms with Crippen molar-refractivity contribution in [2.75, 3.05) is 53.5 Å². The number of aliphatic imine (C=N–C) groups is 1. The summed E-state index contributed by atoms with van der Waals surface area (Å²) in [5.74, 6) is 0.426. The molecule has 0 unspecified atom stereocenters. The normalized spacial score (nSPS) is 11.3. The Hall–Kier alpha value is -1.30. The highest BCUT2D eigenvalue weighted by Crippen LogP contribution is 2.05. The van der Waals surface area contributed by atoms with E-state index in [9.17, 15) is 9.59 Å². The molecule has 0 aromatic rings. The molecular weight excluding hydrogens is 465 g/mol. The molecule has 0 aliphatic carbocycles. The summed E-state index contributed by atoms with van der Waals surface area (Å²) in [6.07, 6.45) is 0.358. The van der Waals surface area contributed by atoms with Crippen molar-refractivity contribution in [3.8, 4) is 0 Å². The van der Waals surface area contributed by atoms with Gasteiger partial charge >= 0.3 is 6.09 Å². The van der Waals surface area contributed by atoms with Gasteiger partial charge in [0.05, 0.1) is 0 Å². The topological polar surface area (TPSA) is 104 Å².